The van der Waals surface area contributed by atoms with Crippen molar-refractivity contribution in [1.29, 1.82) is 0 Å². The number of para-hydroxylation sites is 1. The SMILES string of the molecule is NC1Cc2ccccc2N(C(=O)Cc2ccccc2F)C1. The number of hydrogen-bond donors (Lipinski definition) is 1. The predicted octanol–water partition coefficient (Wildman–Crippen LogP) is 2.28. The average molecular weight is 284 g/mol. The molecule has 0 radical (unpaired) electrons. The Morgan fingerprint density at radius 1 is 1.19 bits per heavy atom. The molecular formula is C17H17FN2O. The molecule has 0 bridgehead atoms. The summed E-state index contributed by atoms with van der Waals surface area (Å²) in [6.07, 6.45) is 0.813. The van der Waals surface area contributed by atoms with E-state index in [2.05, 4.69) is 0 Å². The van der Waals surface area contributed by atoms with E-state index in [0.29, 0.717) is 12.1 Å². The Bertz CT molecular complexity index is 671. The van der Waals surface area contributed by atoms with Gasteiger partial charge in [0, 0.05) is 18.3 Å². The van der Waals surface area contributed by atoms with Gasteiger partial charge in [0.25, 0.3) is 0 Å². The quantitative estimate of drug-likeness (QED) is 0.919. The molecule has 0 spiro atoms. The van der Waals surface area contributed by atoms with Crippen LogP contribution in [0.1, 0.15) is 11.1 Å². The lowest BCUT2D eigenvalue weighted by Crippen LogP contribution is -2.46. The summed E-state index contributed by atoms with van der Waals surface area (Å²) < 4.78 is 13.7. The minimum Gasteiger partial charge on any atom is -0.326 e. The molecule has 4 heteroatoms. The molecule has 1 aliphatic heterocycles. The summed E-state index contributed by atoms with van der Waals surface area (Å²) in [5.74, 6) is -0.469. The second-order valence-electron chi connectivity index (χ2n) is 5.37. The average Bonchev–Trinajstić information content (AvgIpc) is 2.48. The van der Waals surface area contributed by atoms with E-state index in [-0.39, 0.29) is 24.2 Å². The molecule has 0 aliphatic carbocycles. The molecule has 0 saturated heterocycles. The minimum absolute atomic E-state index is 0.0493. The van der Waals surface area contributed by atoms with Gasteiger partial charge in [-0.25, -0.2) is 4.39 Å². The first-order valence-electron chi connectivity index (χ1n) is 7.02. The van der Waals surface area contributed by atoms with Crippen molar-refractivity contribution >= 4 is 11.6 Å². The van der Waals surface area contributed by atoms with Gasteiger partial charge in [0.15, 0.2) is 0 Å². The van der Waals surface area contributed by atoms with Gasteiger partial charge < -0.3 is 10.6 Å². The smallest absolute Gasteiger partial charge is 0.231 e. The van der Waals surface area contributed by atoms with Crippen LogP contribution in [0.2, 0.25) is 0 Å². The van der Waals surface area contributed by atoms with Crippen LogP contribution in [0.5, 0.6) is 0 Å². The first kappa shape index (κ1) is 13.8. The van der Waals surface area contributed by atoms with Crippen molar-refractivity contribution in [2.75, 3.05) is 11.4 Å². The van der Waals surface area contributed by atoms with E-state index in [1.54, 1.807) is 23.1 Å². The third-order valence-electron chi connectivity index (χ3n) is 3.78. The lowest BCUT2D eigenvalue weighted by molar-refractivity contribution is -0.118. The molecule has 2 aromatic carbocycles. The summed E-state index contributed by atoms with van der Waals surface area (Å²) >= 11 is 0. The standard InChI is InChI=1S/C17H17FN2O/c18-15-7-3-1-5-12(15)10-17(21)20-11-14(19)9-13-6-2-4-8-16(13)20/h1-8,14H,9-11,19H2. The summed E-state index contributed by atoms with van der Waals surface area (Å²) in [5.41, 5.74) is 8.41. The van der Waals surface area contributed by atoms with E-state index in [0.717, 1.165) is 17.7 Å². The van der Waals surface area contributed by atoms with Crippen molar-refractivity contribution in [3.63, 3.8) is 0 Å². The van der Waals surface area contributed by atoms with Gasteiger partial charge in [0.05, 0.1) is 6.42 Å². The number of nitrogens with zero attached hydrogens (tertiary/aromatic N) is 1. The Hall–Kier alpha value is -2.20. The highest BCUT2D eigenvalue weighted by Crippen LogP contribution is 2.27. The summed E-state index contributed by atoms with van der Waals surface area (Å²) in [6, 6.07) is 14.0. The molecule has 3 rings (SSSR count). The number of amides is 1. The molecule has 1 heterocycles. The van der Waals surface area contributed by atoms with Crippen molar-refractivity contribution in [2.24, 2.45) is 5.73 Å². The van der Waals surface area contributed by atoms with Gasteiger partial charge in [-0.2, -0.15) is 0 Å². The minimum atomic E-state index is -0.347. The molecule has 3 nitrogen and oxygen atoms in total. The number of halogens is 1. The largest absolute Gasteiger partial charge is 0.326 e. The van der Waals surface area contributed by atoms with Gasteiger partial charge in [-0.05, 0) is 29.7 Å². The lowest BCUT2D eigenvalue weighted by Gasteiger charge is -2.33. The van der Waals surface area contributed by atoms with Gasteiger partial charge in [-0.3, -0.25) is 4.79 Å². The first-order valence-corrected chi connectivity index (χ1v) is 7.02. The Morgan fingerprint density at radius 2 is 1.90 bits per heavy atom. The normalized spacial score (nSPS) is 17.4. The molecular weight excluding hydrogens is 267 g/mol. The van der Waals surface area contributed by atoms with Crippen LogP contribution >= 0.6 is 0 Å². The maximum absolute atomic E-state index is 13.7. The van der Waals surface area contributed by atoms with Gasteiger partial charge in [-0.15, -0.1) is 0 Å². The van der Waals surface area contributed by atoms with E-state index in [1.165, 1.54) is 6.07 Å². The molecule has 108 valence electrons. The van der Waals surface area contributed by atoms with Crippen LogP contribution in [0, 0.1) is 5.82 Å². The molecule has 21 heavy (non-hydrogen) atoms. The van der Waals surface area contributed by atoms with Crippen LogP contribution in [-0.4, -0.2) is 18.5 Å². The van der Waals surface area contributed by atoms with Gasteiger partial charge in [0.1, 0.15) is 5.82 Å². The number of benzene rings is 2. The van der Waals surface area contributed by atoms with Gasteiger partial charge in [0.2, 0.25) is 5.91 Å². The summed E-state index contributed by atoms with van der Waals surface area (Å²) in [6.45, 7) is 0.476. The Labute approximate surface area is 123 Å². The highest BCUT2D eigenvalue weighted by molar-refractivity contribution is 5.96. The molecule has 0 saturated carbocycles. The van der Waals surface area contributed by atoms with E-state index in [9.17, 15) is 9.18 Å². The second kappa shape index (κ2) is 5.66. The zero-order valence-electron chi connectivity index (χ0n) is 11.6. The molecule has 1 unspecified atom stereocenters. The maximum Gasteiger partial charge on any atom is 0.231 e. The Kier molecular flexibility index (Phi) is 3.71. The topological polar surface area (TPSA) is 46.3 Å². The second-order valence-corrected chi connectivity index (χ2v) is 5.37. The molecule has 0 aromatic heterocycles. The molecule has 2 N–H and O–H groups in total. The third kappa shape index (κ3) is 2.81. The number of anilines is 1. The number of rotatable bonds is 2. The summed E-state index contributed by atoms with van der Waals surface area (Å²) in [4.78, 5) is 14.2. The monoisotopic (exact) mass is 284 g/mol. The highest BCUT2D eigenvalue weighted by atomic mass is 19.1. The van der Waals surface area contributed by atoms with Gasteiger partial charge in [-0.1, -0.05) is 36.4 Å². The van der Waals surface area contributed by atoms with Crippen molar-refractivity contribution in [2.45, 2.75) is 18.9 Å². The molecule has 2 aromatic rings. The van der Waals surface area contributed by atoms with Crippen molar-refractivity contribution in [3.8, 4) is 0 Å². The number of fused-ring (bicyclic) bond motifs is 1. The Morgan fingerprint density at radius 3 is 2.71 bits per heavy atom. The predicted molar refractivity (Wildman–Crippen MR) is 80.6 cm³/mol. The molecule has 1 atom stereocenters. The van der Waals surface area contributed by atoms with Crippen molar-refractivity contribution in [3.05, 3.63) is 65.5 Å². The fourth-order valence-electron chi connectivity index (χ4n) is 2.76. The fourth-order valence-corrected chi connectivity index (χ4v) is 2.76. The zero-order valence-corrected chi connectivity index (χ0v) is 11.6. The fraction of sp³-hybridized carbons (Fsp3) is 0.235. The Balaban J connectivity index is 1.87. The van der Waals surface area contributed by atoms with E-state index in [4.69, 9.17) is 5.73 Å². The maximum atomic E-state index is 13.7. The molecule has 1 aliphatic rings. The van der Waals surface area contributed by atoms with E-state index in [1.807, 2.05) is 24.3 Å². The molecule has 0 fully saturated rings. The number of nitrogens with two attached hydrogens (primary N) is 1. The summed E-state index contributed by atoms with van der Waals surface area (Å²) in [7, 11) is 0. The summed E-state index contributed by atoms with van der Waals surface area (Å²) in [5, 5.41) is 0. The number of carbonyl (C=O) groups excluding carboxylic acids is 1. The number of hydrogen-bond acceptors (Lipinski definition) is 2. The lowest BCUT2D eigenvalue weighted by atomic mass is 9.97. The van der Waals surface area contributed by atoms with Crippen LogP contribution in [0.4, 0.5) is 10.1 Å². The zero-order chi connectivity index (χ0) is 14.8. The van der Waals surface area contributed by atoms with Crippen LogP contribution < -0.4 is 10.6 Å². The first-order chi connectivity index (χ1) is 10.1. The van der Waals surface area contributed by atoms with Crippen molar-refractivity contribution in [1.82, 2.24) is 0 Å². The van der Waals surface area contributed by atoms with Crippen LogP contribution in [0.15, 0.2) is 48.5 Å². The number of carbonyl (C=O) groups is 1. The van der Waals surface area contributed by atoms with E-state index >= 15 is 0 Å². The van der Waals surface area contributed by atoms with Gasteiger partial charge >= 0.3 is 0 Å². The highest BCUT2D eigenvalue weighted by Gasteiger charge is 2.26. The molecule has 1 amide bonds. The van der Waals surface area contributed by atoms with E-state index < -0.39 is 0 Å². The van der Waals surface area contributed by atoms with Crippen LogP contribution in [0.25, 0.3) is 0 Å². The van der Waals surface area contributed by atoms with Crippen molar-refractivity contribution < 1.29 is 9.18 Å². The van der Waals surface area contributed by atoms with Crippen LogP contribution in [0.3, 0.4) is 0 Å². The third-order valence-corrected chi connectivity index (χ3v) is 3.78. The van der Waals surface area contributed by atoms with Crippen LogP contribution in [-0.2, 0) is 17.6 Å².